The molecule has 0 radical (unpaired) electrons. The Balaban J connectivity index is 1.66. The van der Waals surface area contributed by atoms with E-state index in [0.717, 1.165) is 18.1 Å². The van der Waals surface area contributed by atoms with Gasteiger partial charge in [-0.05, 0) is 24.6 Å². The molecule has 0 spiro atoms. The fraction of sp³-hybridized carbons (Fsp3) is 0.385. The first kappa shape index (κ1) is 12.6. The second kappa shape index (κ2) is 6.16. The van der Waals surface area contributed by atoms with Crippen LogP contribution in [-0.4, -0.2) is 27.9 Å². The Morgan fingerprint density at radius 1 is 1.39 bits per heavy atom. The second-order valence-electron chi connectivity index (χ2n) is 4.14. The van der Waals surface area contributed by atoms with Gasteiger partial charge in [0.15, 0.2) is 0 Å². The summed E-state index contributed by atoms with van der Waals surface area (Å²) >= 11 is 0. The fourth-order valence-corrected chi connectivity index (χ4v) is 1.63. The fourth-order valence-electron chi connectivity index (χ4n) is 1.63. The predicted molar refractivity (Wildman–Crippen MR) is 69.4 cm³/mol. The summed E-state index contributed by atoms with van der Waals surface area (Å²) in [5.74, 6) is 1.83. The van der Waals surface area contributed by atoms with Crippen LogP contribution in [0, 0.1) is 6.92 Å². The molecular weight excluding hydrogens is 228 g/mol. The normalized spacial score (nSPS) is 10.6. The van der Waals surface area contributed by atoms with Gasteiger partial charge in [0.1, 0.15) is 24.5 Å². The van der Waals surface area contributed by atoms with Gasteiger partial charge in [0.25, 0.3) is 0 Å². The minimum absolute atomic E-state index is 0.640. The summed E-state index contributed by atoms with van der Waals surface area (Å²) in [4.78, 5) is 4.13. The standard InChI is InChI=1S/C13H18N4O/c1-11-4-3-5-12(8-11)18-7-6-14-9-13-15-10-16-17(13)2/h3-5,8,10,14H,6-7,9H2,1-2H3. The van der Waals surface area contributed by atoms with E-state index in [1.165, 1.54) is 5.56 Å². The number of rotatable bonds is 6. The monoisotopic (exact) mass is 246 g/mol. The quantitative estimate of drug-likeness (QED) is 0.780. The highest BCUT2D eigenvalue weighted by atomic mass is 16.5. The molecule has 0 aliphatic carbocycles. The Labute approximate surface area is 107 Å². The maximum Gasteiger partial charge on any atom is 0.140 e. The highest BCUT2D eigenvalue weighted by molar-refractivity contribution is 5.27. The molecular formula is C13H18N4O. The van der Waals surface area contributed by atoms with Crippen molar-refractivity contribution in [1.29, 1.82) is 0 Å². The van der Waals surface area contributed by atoms with E-state index in [4.69, 9.17) is 4.74 Å². The third-order valence-electron chi connectivity index (χ3n) is 2.63. The minimum atomic E-state index is 0.640. The number of aryl methyl sites for hydroxylation is 2. The Morgan fingerprint density at radius 3 is 3.00 bits per heavy atom. The highest BCUT2D eigenvalue weighted by Crippen LogP contribution is 2.11. The number of hydrogen-bond acceptors (Lipinski definition) is 4. The average molecular weight is 246 g/mol. The Kier molecular flexibility index (Phi) is 4.30. The number of hydrogen-bond donors (Lipinski definition) is 1. The van der Waals surface area contributed by atoms with Crippen LogP contribution in [0.1, 0.15) is 11.4 Å². The van der Waals surface area contributed by atoms with Gasteiger partial charge in [-0.2, -0.15) is 5.10 Å². The molecule has 0 fully saturated rings. The molecule has 5 heteroatoms. The number of nitrogens with one attached hydrogen (secondary N) is 1. The number of benzene rings is 1. The molecule has 0 saturated heterocycles. The van der Waals surface area contributed by atoms with Crippen molar-refractivity contribution in [2.45, 2.75) is 13.5 Å². The minimum Gasteiger partial charge on any atom is -0.492 e. The lowest BCUT2D eigenvalue weighted by molar-refractivity contribution is 0.312. The van der Waals surface area contributed by atoms with Crippen molar-refractivity contribution in [3.05, 3.63) is 42.0 Å². The topological polar surface area (TPSA) is 52.0 Å². The summed E-state index contributed by atoms with van der Waals surface area (Å²) in [6, 6.07) is 8.05. The van der Waals surface area contributed by atoms with E-state index in [0.29, 0.717) is 13.2 Å². The Bertz CT molecular complexity index is 495. The molecule has 5 nitrogen and oxygen atoms in total. The summed E-state index contributed by atoms with van der Waals surface area (Å²) < 4.78 is 7.39. The van der Waals surface area contributed by atoms with Crippen LogP contribution in [0.3, 0.4) is 0 Å². The van der Waals surface area contributed by atoms with Gasteiger partial charge < -0.3 is 10.1 Å². The third kappa shape index (κ3) is 3.56. The SMILES string of the molecule is Cc1cccc(OCCNCc2ncnn2C)c1. The first-order valence-corrected chi connectivity index (χ1v) is 5.99. The molecule has 2 rings (SSSR count). The molecule has 18 heavy (non-hydrogen) atoms. The Morgan fingerprint density at radius 2 is 2.28 bits per heavy atom. The van der Waals surface area contributed by atoms with Gasteiger partial charge in [0.2, 0.25) is 0 Å². The molecule has 0 aliphatic heterocycles. The zero-order chi connectivity index (χ0) is 12.8. The van der Waals surface area contributed by atoms with E-state index in [-0.39, 0.29) is 0 Å². The van der Waals surface area contributed by atoms with Crippen molar-refractivity contribution in [2.24, 2.45) is 7.05 Å². The zero-order valence-electron chi connectivity index (χ0n) is 10.8. The van der Waals surface area contributed by atoms with Gasteiger partial charge in [-0.15, -0.1) is 0 Å². The maximum atomic E-state index is 5.63. The molecule has 0 amide bonds. The molecule has 1 aromatic heterocycles. The van der Waals surface area contributed by atoms with Crippen LogP contribution in [-0.2, 0) is 13.6 Å². The van der Waals surface area contributed by atoms with Crippen molar-refractivity contribution >= 4 is 0 Å². The van der Waals surface area contributed by atoms with Crippen LogP contribution in [0.25, 0.3) is 0 Å². The van der Waals surface area contributed by atoms with Crippen LogP contribution in [0.2, 0.25) is 0 Å². The highest BCUT2D eigenvalue weighted by Gasteiger charge is 1.99. The molecule has 96 valence electrons. The van der Waals surface area contributed by atoms with E-state index in [1.807, 2.05) is 25.2 Å². The van der Waals surface area contributed by atoms with Crippen molar-refractivity contribution in [3.63, 3.8) is 0 Å². The summed E-state index contributed by atoms with van der Waals surface area (Å²) in [5, 5.41) is 7.27. The van der Waals surface area contributed by atoms with Crippen molar-refractivity contribution in [1.82, 2.24) is 20.1 Å². The molecule has 1 aromatic carbocycles. The first-order valence-electron chi connectivity index (χ1n) is 5.99. The van der Waals surface area contributed by atoms with Gasteiger partial charge in [0.05, 0.1) is 6.54 Å². The average Bonchev–Trinajstić information content (AvgIpc) is 2.75. The molecule has 0 aliphatic rings. The van der Waals surface area contributed by atoms with Gasteiger partial charge in [-0.3, -0.25) is 4.68 Å². The molecule has 0 bridgehead atoms. The first-order chi connectivity index (χ1) is 8.75. The van der Waals surface area contributed by atoms with E-state index < -0.39 is 0 Å². The van der Waals surface area contributed by atoms with Crippen LogP contribution >= 0.6 is 0 Å². The number of aromatic nitrogens is 3. The lowest BCUT2D eigenvalue weighted by Crippen LogP contribution is -2.22. The van der Waals surface area contributed by atoms with Crippen molar-refractivity contribution < 1.29 is 4.74 Å². The van der Waals surface area contributed by atoms with E-state index in [2.05, 4.69) is 28.4 Å². The molecule has 1 heterocycles. The summed E-state index contributed by atoms with van der Waals surface area (Å²) in [7, 11) is 1.88. The van der Waals surface area contributed by atoms with Crippen LogP contribution in [0.5, 0.6) is 5.75 Å². The van der Waals surface area contributed by atoms with Gasteiger partial charge >= 0.3 is 0 Å². The zero-order valence-corrected chi connectivity index (χ0v) is 10.8. The molecule has 0 atom stereocenters. The van der Waals surface area contributed by atoms with Crippen molar-refractivity contribution in [2.75, 3.05) is 13.2 Å². The molecule has 2 aromatic rings. The Hall–Kier alpha value is -1.88. The maximum absolute atomic E-state index is 5.63. The van der Waals surface area contributed by atoms with Gasteiger partial charge in [-0.25, -0.2) is 4.98 Å². The number of ether oxygens (including phenoxy) is 1. The molecule has 0 saturated carbocycles. The van der Waals surface area contributed by atoms with Crippen LogP contribution in [0.4, 0.5) is 0 Å². The lowest BCUT2D eigenvalue weighted by atomic mass is 10.2. The largest absolute Gasteiger partial charge is 0.492 e. The summed E-state index contributed by atoms with van der Waals surface area (Å²) in [5.41, 5.74) is 1.21. The van der Waals surface area contributed by atoms with Crippen LogP contribution < -0.4 is 10.1 Å². The van der Waals surface area contributed by atoms with E-state index in [9.17, 15) is 0 Å². The summed E-state index contributed by atoms with van der Waals surface area (Å²) in [6.45, 7) is 4.18. The van der Waals surface area contributed by atoms with E-state index in [1.54, 1.807) is 11.0 Å². The molecule has 1 N–H and O–H groups in total. The summed E-state index contributed by atoms with van der Waals surface area (Å²) in [6.07, 6.45) is 1.56. The van der Waals surface area contributed by atoms with Gasteiger partial charge in [0, 0.05) is 13.6 Å². The third-order valence-corrected chi connectivity index (χ3v) is 2.63. The smallest absolute Gasteiger partial charge is 0.140 e. The van der Waals surface area contributed by atoms with Crippen LogP contribution in [0.15, 0.2) is 30.6 Å². The lowest BCUT2D eigenvalue weighted by Gasteiger charge is -2.07. The predicted octanol–water partition coefficient (Wildman–Crippen LogP) is 1.29. The van der Waals surface area contributed by atoms with Crippen molar-refractivity contribution in [3.8, 4) is 5.75 Å². The second-order valence-corrected chi connectivity index (χ2v) is 4.14. The molecule has 0 unspecified atom stereocenters. The number of nitrogens with zero attached hydrogens (tertiary/aromatic N) is 3. The van der Waals surface area contributed by atoms with E-state index >= 15 is 0 Å². The van der Waals surface area contributed by atoms with Gasteiger partial charge in [-0.1, -0.05) is 12.1 Å².